The van der Waals surface area contributed by atoms with Gasteiger partial charge in [0.2, 0.25) is 0 Å². The SMILES string of the molecule is Cc1nc(C(C)(C)C)nc2sc(C(=O)NNC(=O)c3cc4c(s3)CCC4)c(C)c12. The van der Waals surface area contributed by atoms with Crippen LogP contribution in [0.5, 0.6) is 0 Å². The second kappa shape index (κ2) is 7.18. The van der Waals surface area contributed by atoms with Gasteiger partial charge in [-0.15, -0.1) is 22.7 Å². The number of hydrogen-bond acceptors (Lipinski definition) is 6. The van der Waals surface area contributed by atoms with Gasteiger partial charge in [0.1, 0.15) is 10.7 Å². The average Bonchev–Trinajstić information content (AvgIpc) is 3.32. The van der Waals surface area contributed by atoms with Crippen molar-refractivity contribution in [3.05, 3.63) is 43.3 Å². The highest BCUT2D eigenvalue weighted by molar-refractivity contribution is 7.20. The molecule has 29 heavy (non-hydrogen) atoms. The normalized spacial score (nSPS) is 13.6. The molecule has 0 spiro atoms. The minimum absolute atomic E-state index is 0.172. The maximum atomic E-state index is 12.7. The van der Waals surface area contributed by atoms with Gasteiger partial charge in [0.05, 0.1) is 15.4 Å². The molecule has 0 atom stereocenters. The Balaban J connectivity index is 1.54. The Morgan fingerprint density at radius 2 is 1.76 bits per heavy atom. The highest BCUT2D eigenvalue weighted by Crippen LogP contribution is 2.33. The topological polar surface area (TPSA) is 84.0 Å². The third-order valence-corrected chi connectivity index (χ3v) is 7.53. The molecule has 2 amide bonds. The van der Waals surface area contributed by atoms with E-state index in [-0.39, 0.29) is 17.2 Å². The van der Waals surface area contributed by atoms with Gasteiger partial charge < -0.3 is 0 Å². The highest BCUT2D eigenvalue weighted by Gasteiger charge is 2.24. The van der Waals surface area contributed by atoms with Crippen molar-refractivity contribution in [2.24, 2.45) is 0 Å². The van der Waals surface area contributed by atoms with Crippen LogP contribution < -0.4 is 10.9 Å². The second-order valence-electron chi connectivity index (χ2n) is 8.44. The van der Waals surface area contributed by atoms with Crippen LogP contribution in [0.1, 0.15) is 74.1 Å². The zero-order chi connectivity index (χ0) is 20.9. The van der Waals surface area contributed by atoms with Crippen LogP contribution in [0.3, 0.4) is 0 Å². The van der Waals surface area contributed by atoms with E-state index >= 15 is 0 Å². The monoisotopic (exact) mass is 428 g/mol. The van der Waals surface area contributed by atoms with Crippen LogP contribution in [-0.4, -0.2) is 21.8 Å². The summed E-state index contributed by atoms with van der Waals surface area (Å²) in [4.78, 5) is 37.7. The van der Waals surface area contributed by atoms with Crippen molar-refractivity contribution in [2.45, 2.75) is 59.3 Å². The Kier molecular flexibility index (Phi) is 4.94. The molecular weight excluding hydrogens is 404 g/mol. The lowest BCUT2D eigenvalue weighted by atomic mass is 9.95. The van der Waals surface area contributed by atoms with E-state index in [1.165, 1.54) is 33.1 Å². The second-order valence-corrected chi connectivity index (χ2v) is 10.6. The van der Waals surface area contributed by atoms with Crippen molar-refractivity contribution in [1.29, 1.82) is 0 Å². The number of nitrogens with zero attached hydrogens (tertiary/aromatic N) is 2. The summed E-state index contributed by atoms with van der Waals surface area (Å²) >= 11 is 2.84. The average molecular weight is 429 g/mol. The van der Waals surface area contributed by atoms with E-state index in [9.17, 15) is 9.59 Å². The molecule has 0 saturated heterocycles. The fraction of sp³-hybridized carbons (Fsp3) is 0.429. The lowest BCUT2D eigenvalue weighted by Crippen LogP contribution is -2.41. The number of hydrogen-bond donors (Lipinski definition) is 2. The van der Waals surface area contributed by atoms with Gasteiger partial charge in [-0.1, -0.05) is 20.8 Å². The summed E-state index contributed by atoms with van der Waals surface area (Å²) in [7, 11) is 0. The summed E-state index contributed by atoms with van der Waals surface area (Å²) in [5, 5.41) is 0.911. The third-order valence-electron chi connectivity index (χ3n) is 5.11. The number of aromatic nitrogens is 2. The van der Waals surface area contributed by atoms with Gasteiger partial charge in [-0.2, -0.15) is 0 Å². The molecule has 1 aliphatic rings. The summed E-state index contributed by atoms with van der Waals surface area (Å²) in [6.45, 7) is 10.0. The lowest BCUT2D eigenvalue weighted by molar-refractivity contribution is 0.0851. The molecule has 4 rings (SSSR count). The number of hydrazine groups is 1. The first-order chi connectivity index (χ1) is 13.6. The Morgan fingerprint density at radius 3 is 2.45 bits per heavy atom. The number of nitrogens with one attached hydrogen (secondary N) is 2. The largest absolute Gasteiger partial charge is 0.280 e. The lowest BCUT2D eigenvalue weighted by Gasteiger charge is -2.16. The molecule has 3 aromatic heterocycles. The van der Waals surface area contributed by atoms with Gasteiger partial charge in [0.25, 0.3) is 11.8 Å². The van der Waals surface area contributed by atoms with Crippen LogP contribution in [0.2, 0.25) is 0 Å². The quantitative estimate of drug-likeness (QED) is 0.598. The molecule has 0 fully saturated rings. The van der Waals surface area contributed by atoms with Crippen LogP contribution in [0.15, 0.2) is 6.07 Å². The number of carbonyl (C=O) groups is 2. The summed E-state index contributed by atoms with van der Waals surface area (Å²) in [6, 6.07) is 1.94. The number of fused-ring (bicyclic) bond motifs is 2. The molecule has 0 radical (unpaired) electrons. The van der Waals surface area contributed by atoms with Crippen molar-refractivity contribution in [3.63, 3.8) is 0 Å². The van der Waals surface area contributed by atoms with Crippen LogP contribution in [0, 0.1) is 13.8 Å². The predicted octanol–water partition coefficient (Wildman–Crippen LogP) is 4.23. The number of amides is 2. The van der Waals surface area contributed by atoms with Crippen molar-refractivity contribution in [1.82, 2.24) is 20.8 Å². The van der Waals surface area contributed by atoms with E-state index in [0.29, 0.717) is 9.75 Å². The first-order valence-corrected chi connectivity index (χ1v) is 11.3. The molecular formula is C21H24N4O2S2. The highest BCUT2D eigenvalue weighted by atomic mass is 32.1. The minimum Gasteiger partial charge on any atom is -0.266 e. The van der Waals surface area contributed by atoms with Crippen LogP contribution >= 0.6 is 22.7 Å². The maximum absolute atomic E-state index is 12.7. The van der Waals surface area contributed by atoms with Gasteiger partial charge in [0, 0.05) is 15.7 Å². The first kappa shape index (κ1) is 20.0. The first-order valence-electron chi connectivity index (χ1n) is 9.65. The molecule has 6 nitrogen and oxygen atoms in total. The van der Waals surface area contributed by atoms with E-state index in [2.05, 4.69) is 41.6 Å². The summed E-state index contributed by atoms with van der Waals surface area (Å²) in [5.41, 5.74) is 7.90. The number of aryl methyl sites for hydroxylation is 4. The molecule has 0 unspecified atom stereocenters. The summed E-state index contributed by atoms with van der Waals surface area (Å²) in [5.74, 6) is 0.150. The summed E-state index contributed by atoms with van der Waals surface area (Å²) < 4.78 is 0. The third kappa shape index (κ3) is 3.67. The van der Waals surface area contributed by atoms with Crippen molar-refractivity contribution in [2.75, 3.05) is 0 Å². The zero-order valence-corrected chi connectivity index (χ0v) is 18.9. The molecule has 1 aliphatic carbocycles. The van der Waals surface area contributed by atoms with Gasteiger partial charge in [-0.25, -0.2) is 9.97 Å². The molecule has 2 N–H and O–H groups in total. The van der Waals surface area contributed by atoms with E-state index in [1.807, 2.05) is 19.9 Å². The van der Waals surface area contributed by atoms with Crippen LogP contribution in [0.25, 0.3) is 10.2 Å². The minimum atomic E-state index is -0.334. The molecule has 3 aromatic rings. The molecule has 0 saturated carbocycles. The van der Waals surface area contributed by atoms with E-state index in [1.54, 1.807) is 0 Å². The standard InChI is InChI=1S/C21H24N4O2S2/c1-10-15-11(2)22-20(21(3,4)5)23-19(15)29-16(10)18(27)25-24-17(26)14-9-12-7-6-8-13(12)28-14/h9H,6-8H2,1-5H3,(H,24,26)(H,25,27). The molecule has 0 aliphatic heterocycles. The van der Waals surface area contributed by atoms with Crippen molar-refractivity contribution >= 4 is 44.7 Å². The Labute approximate surface area is 177 Å². The van der Waals surface area contributed by atoms with E-state index in [0.717, 1.165) is 46.6 Å². The Morgan fingerprint density at radius 1 is 1.03 bits per heavy atom. The van der Waals surface area contributed by atoms with Crippen LogP contribution in [0.4, 0.5) is 0 Å². The van der Waals surface area contributed by atoms with Crippen LogP contribution in [-0.2, 0) is 18.3 Å². The van der Waals surface area contributed by atoms with E-state index < -0.39 is 0 Å². The van der Waals surface area contributed by atoms with Gasteiger partial charge in [0.15, 0.2) is 0 Å². The molecule has 0 bridgehead atoms. The molecule has 8 heteroatoms. The molecule has 0 aromatic carbocycles. The Hall–Kier alpha value is -2.32. The zero-order valence-electron chi connectivity index (χ0n) is 17.2. The Bertz CT molecular complexity index is 1120. The molecule has 3 heterocycles. The number of rotatable bonds is 2. The fourth-order valence-electron chi connectivity index (χ4n) is 3.56. The fourth-order valence-corrected chi connectivity index (χ4v) is 5.84. The summed E-state index contributed by atoms with van der Waals surface area (Å²) in [6.07, 6.45) is 3.23. The van der Waals surface area contributed by atoms with Gasteiger partial charge >= 0.3 is 0 Å². The van der Waals surface area contributed by atoms with Gasteiger partial charge in [-0.3, -0.25) is 20.4 Å². The smallest absolute Gasteiger partial charge is 0.266 e. The number of carbonyl (C=O) groups excluding carboxylic acids is 2. The maximum Gasteiger partial charge on any atom is 0.280 e. The number of thiophene rings is 2. The van der Waals surface area contributed by atoms with Gasteiger partial charge in [-0.05, 0) is 50.3 Å². The van der Waals surface area contributed by atoms with Crippen molar-refractivity contribution in [3.8, 4) is 0 Å². The van der Waals surface area contributed by atoms with E-state index in [4.69, 9.17) is 0 Å². The molecule has 152 valence electrons. The predicted molar refractivity (Wildman–Crippen MR) is 117 cm³/mol. The van der Waals surface area contributed by atoms with Crippen molar-refractivity contribution < 1.29 is 9.59 Å².